The van der Waals surface area contributed by atoms with Gasteiger partial charge in [-0.05, 0) is 63.0 Å². The van der Waals surface area contributed by atoms with Crippen LogP contribution in [0.5, 0.6) is 11.5 Å². The molecular weight excluding hydrogens is 393 g/mol. The van der Waals surface area contributed by atoms with Gasteiger partial charge in [0, 0.05) is 6.54 Å². The summed E-state index contributed by atoms with van der Waals surface area (Å²) in [5.41, 5.74) is 1.55. The van der Waals surface area contributed by atoms with Crippen molar-refractivity contribution in [2.45, 2.75) is 12.8 Å². The van der Waals surface area contributed by atoms with Crippen LogP contribution in [-0.4, -0.2) is 49.8 Å². The molecule has 152 valence electrons. The van der Waals surface area contributed by atoms with Gasteiger partial charge < -0.3 is 14.4 Å². The number of anilines is 1. The van der Waals surface area contributed by atoms with Gasteiger partial charge in [-0.3, -0.25) is 9.69 Å². The second-order valence-corrected chi connectivity index (χ2v) is 8.18. The summed E-state index contributed by atoms with van der Waals surface area (Å²) in [7, 11) is 4.00. The third kappa shape index (κ3) is 4.49. The molecule has 3 aromatic rings. The van der Waals surface area contributed by atoms with E-state index in [2.05, 4.69) is 9.88 Å². The first kappa shape index (κ1) is 19.6. The average Bonchev–Trinajstić information content (AvgIpc) is 3.30. The molecule has 0 N–H and O–H groups in total. The summed E-state index contributed by atoms with van der Waals surface area (Å²) < 4.78 is 25.0. The largest absolute Gasteiger partial charge is 0.454 e. The Morgan fingerprint density at radius 3 is 2.79 bits per heavy atom. The Morgan fingerprint density at radius 1 is 1.14 bits per heavy atom. The minimum absolute atomic E-state index is 0.0536. The van der Waals surface area contributed by atoms with Crippen molar-refractivity contribution in [3.63, 3.8) is 0 Å². The predicted molar refractivity (Wildman–Crippen MR) is 111 cm³/mol. The third-order valence-corrected chi connectivity index (χ3v) is 5.69. The van der Waals surface area contributed by atoms with Gasteiger partial charge >= 0.3 is 0 Å². The molecule has 29 heavy (non-hydrogen) atoms. The van der Waals surface area contributed by atoms with Gasteiger partial charge in [-0.1, -0.05) is 17.4 Å². The molecule has 0 bridgehead atoms. The first-order valence-electron chi connectivity index (χ1n) is 9.39. The Morgan fingerprint density at radius 2 is 1.97 bits per heavy atom. The van der Waals surface area contributed by atoms with E-state index < -0.39 is 0 Å². The van der Waals surface area contributed by atoms with Crippen molar-refractivity contribution in [2.75, 3.05) is 38.9 Å². The smallest absolute Gasteiger partial charge is 0.233 e. The fraction of sp³-hybridized carbons (Fsp3) is 0.333. The highest BCUT2D eigenvalue weighted by molar-refractivity contribution is 7.22. The van der Waals surface area contributed by atoms with Crippen LogP contribution >= 0.6 is 11.3 Å². The number of thiazole rings is 1. The van der Waals surface area contributed by atoms with Crippen LogP contribution in [0.2, 0.25) is 0 Å². The Bertz CT molecular complexity index is 1040. The van der Waals surface area contributed by atoms with Crippen molar-refractivity contribution in [3.8, 4) is 11.5 Å². The number of benzene rings is 2. The standard InChI is InChI=1S/C21H22FN3O3S/c1-24(2)8-3-9-25(21-23-16-6-5-15(22)12-19(16)29-21)20(26)11-14-4-7-17-18(10-14)28-13-27-17/h4-7,10,12H,3,8-9,11,13H2,1-2H3. The molecule has 0 fully saturated rings. The number of hydrogen-bond acceptors (Lipinski definition) is 6. The molecule has 1 aromatic heterocycles. The number of rotatable bonds is 7. The lowest BCUT2D eigenvalue weighted by Gasteiger charge is -2.21. The van der Waals surface area contributed by atoms with Gasteiger partial charge in [0.05, 0.1) is 16.6 Å². The van der Waals surface area contributed by atoms with Crippen molar-refractivity contribution < 1.29 is 18.7 Å². The van der Waals surface area contributed by atoms with Crippen LogP contribution in [0, 0.1) is 5.82 Å². The first-order chi connectivity index (χ1) is 14.0. The lowest BCUT2D eigenvalue weighted by Crippen LogP contribution is -2.34. The number of ether oxygens (including phenoxy) is 2. The molecule has 8 heteroatoms. The van der Waals surface area contributed by atoms with Crippen molar-refractivity contribution in [3.05, 3.63) is 47.8 Å². The lowest BCUT2D eigenvalue weighted by molar-refractivity contribution is -0.118. The van der Waals surface area contributed by atoms with E-state index in [0.717, 1.165) is 23.2 Å². The van der Waals surface area contributed by atoms with Crippen molar-refractivity contribution in [1.82, 2.24) is 9.88 Å². The molecule has 0 atom stereocenters. The second-order valence-electron chi connectivity index (χ2n) is 7.18. The second kappa shape index (κ2) is 8.34. The maximum absolute atomic E-state index is 13.6. The van der Waals surface area contributed by atoms with Crippen molar-refractivity contribution in [2.24, 2.45) is 0 Å². The Hall–Kier alpha value is -2.71. The SMILES string of the molecule is CN(C)CCCN(C(=O)Cc1ccc2c(c1)OCO2)c1nc2ccc(F)cc2s1. The summed E-state index contributed by atoms with van der Waals surface area (Å²) in [6, 6.07) is 10.0. The maximum Gasteiger partial charge on any atom is 0.233 e. The molecule has 2 aromatic carbocycles. The predicted octanol–water partition coefficient (Wildman–Crippen LogP) is 3.69. The number of halogens is 1. The summed E-state index contributed by atoms with van der Waals surface area (Å²) in [6.45, 7) is 1.60. The summed E-state index contributed by atoms with van der Waals surface area (Å²) in [5, 5.41) is 0.593. The number of carbonyl (C=O) groups excluding carboxylic acids is 1. The molecule has 1 aliphatic rings. The van der Waals surface area contributed by atoms with Crippen LogP contribution in [-0.2, 0) is 11.2 Å². The van der Waals surface area contributed by atoms with E-state index >= 15 is 0 Å². The number of hydrogen-bond donors (Lipinski definition) is 0. The zero-order valence-electron chi connectivity index (χ0n) is 16.4. The molecule has 0 radical (unpaired) electrons. The molecule has 1 amide bonds. The summed E-state index contributed by atoms with van der Waals surface area (Å²) >= 11 is 1.33. The summed E-state index contributed by atoms with van der Waals surface area (Å²) in [5.74, 6) is 0.989. The zero-order valence-corrected chi connectivity index (χ0v) is 17.2. The van der Waals surface area contributed by atoms with Crippen LogP contribution < -0.4 is 14.4 Å². The quantitative estimate of drug-likeness (QED) is 0.589. The lowest BCUT2D eigenvalue weighted by atomic mass is 10.1. The maximum atomic E-state index is 13.6. The zero-order chi connectivity index (χ0) is 20.4. The van der Waals surface area contributed by atoms with E-state index in [9.17, 15) is 9.18 Å². The Balaban J connectivity index is 1.57. The van der Waals surface area contributed by atoms with Gasteiger partial charge in [-0.2, -0.15) is 0 Å². The first-order valence-corrected chi connectivity index (χ1v) is 10.2. The van der Waals surface area contributed by atoms with Gasteiger partial charge in [0.1, 0.15) is 5.82 Å². The highest BCUT2D eigenvalue weighted by Crippen LogP contribution is 2.33. The molecule has 0 saturated carbocycles. The molecule has 0 spiro atoms. The van der Waals surface area contributed by atoms with Gasteiger partial charge in [0.15, 0.2) is 16.6 Å². The minimum atomic E-state index is -0.307. The Labute approximate surface area is 172 Å². The van der Waals surface area contributed by atoms with Crippen LogP contribution in [0.1, 0.15) is 12.0 Å². The molecule has 0 unspecified atom stereocenters. The van der Waals surface area contributed by atoms with E-state index in [4.69, 9.17) is 9.47 Å². The van der Waals surface area contributed by atoms with Crippen molar-refractivity contribution in [1.29, 1.82) is 0 Å². The van der Waals surface area contributed by atoms with E-state index in [0.29, 0.717) is 28.7 Å². The molecule has 1 aliphatic heterocycles. The van der Waals surface area contributed by atoms with Gasteiger partial charge in [0.2, 0.25) is 12.7 Å². The summed E-state index contributed by atoms with van der Waals surface area (Å²) in [6.07, 6.45) is 1.03. The van der Waals surface area contributed by atoms with E-state index in [1.54, 1.807) is 11.0 Å². The number of carbonyl (C=O) groups is 1. The molecule has 4 rings (SSSR count). The number of aromatic nitrogens is 1. The highest BCUT2D eigenvalue weighted by Gasteiger charge is 2.21. The molecule has 0 aliphatic carbocycles. The number of amides is 1. The van der Waals surface area contributed by atoms with E-state index in [1.807, 2.05) is 32.3 Å². The summed E-state index contributed by atoms with van der Waals surface area (Å²) in [4.78, 5) is 21.5. The normalized spacial score (nSPS) is 12.7. The van der Waals surface area contributed by atoms with Crippen LogP contribution in [0.25, 0.3) is 10.2 Å². The minimum Gasteiger partial charge on any atom is -0.454 e. The van der Waals surface area contributed by atoms with E-state index in [-0.39, 0.29) is 24.9 Å². The molecular formula is C21H22FN3O3S. The highest BCUT2D eigenvalue weighted by atomic mass is 32.1. The molecule has 0 saturated heterocycles. The third-order valence-electron chi connectivity index (χ3n) is 4.65. The molecule has 2 heterocycles. The average molecular weight is 415 g/mol. The molecule has 6 nitrogen and oxygen atoms in total. The van der Waals surface area contributed by atoms with Gasteiger partial charge in [-0.25, -0.2) is 9.37 Å². The van der Waals surface area contributed by atoms with Gasteiger partial charge in [-0.15, -0.1) is 0 Å². The number of nitrogens with zero attached hydrogens (tertiary/aromatic N) is 3. The Kier molecular flexibility index (Phi) is 5.64. The van der Waals surface area contributed by atoms with Crippen LogP contribution in [0.3, 0.4) is 0 Å². The van der Waals surface area contributed by atoms with Crippen LogP contribution in [0.4, 0.5) is 9.52 Å². The fourth-order valence-corrected chi connectivity index (χ4v) is 4.23. The van der Waals surface area contributed by atoms with E-state index in [1.165, 1.54) is 23.5 Å². The topological polar surface area (TPSA) is 54.9 Å². The van der Waals surface area contributed by atoms with Crippen molar-refractivity contribution >= 4 is 32.6 Å². The number of fused-ring (bicyclic) bond motifs is 2. The fourth-order valence-electron chi connectivity index (χ4n) is 3.19. The monoisotopic (exact) mass is 415 g/mol. The van der Waals surface area contributed by atoms with Gasteiger partial charge in [0.25, 0.3) is 0 Å². The van der Waals surface area contributed by atoms with Crippen LogP contribution in [0.15, 0.2) is 36.4 Å².